The van der Waals surface area contributed by atoms with E-state index in [0.29, 0.717) is 5.65 Å². The average molecular weight is 375 g/mol. The molecule has 0 atom stereocenters. The van der Waals surface area contributed by atoms with Crippen LogP contribution in [-0.2, 0) is 9.84 Å². The number of pyridine rings is 1. The van der Waals surface area contributed by atoms with Gasteiger partial charge in [-0.1, -0.05) is 18.2 Å². The van der Waals surface area contributed by atoms with E-state index >= 15 is 0 Å². The first-order valence-corrected chi connectivity index (χ1v) is 9.75. The van der Waals surface area contributed by atoms with E-state index in [1.54, 1.807) is 24.5 Å². The number of carboxylic acid groups (broad SMARTS) is 1. The zero-order valence-corrected chi connectivity index (χ0v) is 14.6. The quantitative estimate of drug-likeness (QED) is 0.533. The fourth-order valence-corrected chi connectivity index (χ4v) is 4.78. The second-order valence-corrected chi connectivity index (χ2v) is 7.75. The van der Waals surface area contributed by atoms with Crippen LogP contribution >= 0.6 is 11.8 Å². The Morgan fingerprint density at radius 1 is 1.20 bits per heavy atom. The van der Waals surface area contributed by atoms with Crippen molar-refractivity contribution in [3.05, 3.63) is 59.7 Å². The molecule has 25 heavy (non-hydrogen) atoms. The van der Waals surface area contributed by atoms with E-state index in [-0.39, 0.29) is 25.9 Å². The molecule has 3 aromatic rings. The molecule has 0 radical (unpaired) electrons. The zero-order chi connectivity index (χ0) is 18.2. The number of carbonyl (C=O) groups is 1. The molecule has 2 aromatic heterocycles. The standard InChI is InChI=1S/C16H13N3O4S2/c1-24-15-13(25(22,23)11-5-3-2-4-6-11)14(17)19-9-10(16(20)21)7-8-12(19)18-15/h2-9,17H,1H3,(H,20,21). The highest BCUT2D eigenvalue weighted by atomic mass is 32.2. The van der Waals surface area contributed by atoms with Gasteiger partial charge in [0.1, 0.15) is 15.6 Å². The lowest BCUT2D eigenvalue weighted by Gasteiger charge is -2.12. The van der Waals surface area contributed by atoms with Gasteiger partial charge in [-0.2, -0.15) is 0 Å². The highest BCUT2D eigenvalue weighted by Gasteiger charge is 2.26. The largest absolute Gasteiger partial charge is 0.478 e. The Bertz CT molecular complexity index is 1140. The van der Waals surface area contributed by atoms with Crippen molar-refractivity contribution in [3.63, 3.8) is 0 Å². The number of hydrogen-bond acceptors (Lipinski definition) is 6. The van der Waals surface area contributed by atoms with Crippen LogP contribution < -0.4 is 5.49 Å². The number of hydrogen-bond donors (Lipinski definition) is 2. The summed E-state index contributed by atoms with van der Waals surface area (Å²) >= 11 is 1.12. The van der Waals surface area contributed by atoms with Crippen LogP contribution in [0.25, 0.3) is 5.65 Å². The van der Waals surface area contributed by atoms with Gasteiger partial charge in [0.05, 0.1) is 10.5 Å². The van der Waals surface area contributed by atoms with E-state index in [2.05, 4.69) is 4.98 Å². The first-order chi connectivity index (χ1) is 11.9. The Morgan fingerprint density at radius 3 is 2.48 bits per heavy atom. The number of sulfone groups is 1. The van der Waals surface area contributed by atoms with E-state index in [9.17, 15) is 13.2 Å². The molecule has 0 bridgehead atoms. The number of fused-ring (bicyclic) bond motifs is 1. The van der Waals surface area contributed by atoms with Gasteiger partial charge >= 0.3 is 5.97 Å². The van der Waals surface area contributed by atoms with Gasteiger partial charge in [0, 0.05) is 6.20 Å². The number of thioether (sulfide) groups is 1. The summed E-state index contributed by atoms with van der Waals surface area (Å²) in [6.07, 6.45) is 2.87. The predicted molar refractivity (Wildman–Crippen MR) is 91.7 cm³/mol. The molecule has 9 heteroatoms. The molecule has 0 fully saturated rings. The molecule has 0 spiro atoms. The van der Waals surface area contributed by atoms with Crippen molar-refractivity contribution in [1.29, 1.82) is 5.41 Å². The van der Waals surface area contributed by atoms with E-state index in [4.69, 9.17) is 10.5 Å². The molecule has 7 nitrogen and oxygen atoms in total. The minimum Gasteiger partial charge on any atom is -0.478 e. The van der Waals surface area contributed by atoms with Gasteiger partial charge in [0.25, 0.3) is 0 Å². The van der Waals surface area contributed by atoms with Crippen molar-refractivity contribution >= 4 is 33.2 Å². The first-order valence-electron chi connectivity index (χ1n) is 7.04. The predicted octanol–water partition coefficient (Wildman–Crippen LogP) is 2.07. The number of nitrogens with one attached hydrogen (secondary N) is 1. The highest BCUT2D eigenvalue weighted by molar-refractivity contribution is 7.99. The number of benzene rings is 1. The van der Waals surface area contributed by atoms with Crippen LogP contribution in [0.4, 0.5) is 0 Å². The fourth-order valence-electron chi connectivity index (χ4n) is 2.35. The molecule has 0 unspecified atom stereocenters. The van der Waals surface area contributed by atoms with E-state index < -0.39 is 15.8 Å². The lowest BCUT2D eigenvalue weighted by Crippen LogP contribution is -2.25. The third-order valence-electron chi connectivity index (χ3n) is 3.56. The van der Waals surface area contributed by atoms with Crippen LogP contribution in [0, 0.1) is 5.41 Å². The van der Waals surface area contributed by atoms with Crippen molar-refractivity contribution in [1.82, 2.24) is 9.38 Å². The summed E-state index contributed by atoms with van der Waals surface area (Å²) in [7, 11) is -3.98. The summed E-state index contributed by atoms with van der Waals surface area (Å²) < 4.78 is 27.2. The van der Waals surface area contributed by atoms with E-state index in [1.807, 2.05) is 0 Å². The van der Waals surface area contributed by atoms with Crippen LogP contribution in [0.5, 0.6) is 0 Å². The molecule has 0 saturated heterocycles. The number of aromatic carboxylic acids is 1. The van der Waals surface area contributed by atoms with Gasteiger partial charge in [-0.3, -0.25) is 9.81 Å². The summed E-state index contributed by atoms with van der Waals surface area (Å²) in [5, 5.41) is 17.7. The van der Waals surface area contributed by atoms with Gasteiger partial charge in [-0.15, -0.1) is 11.8 Å². The summed E-state index contributed by atoms with van der Waals surface area (Å²) in [6, 6.07) is 10.6. The summed E-state index contributed by atoms with van der Waals surface area (Å²) in [6.45, 7) is 0. The lowest BCUT2D eigenvalue weighted by molar-refractivity contribution is 0.0696. The molecule has 2 N–H and O–H groups in total. The minimum atomic E-state index is -3.98. The van der Waals surface area contributed by atoms with E-state index in [0.717, 1.165) is 11.8 Å². The van der Waals surface area contributed by atoms with Gasteiger partial charge in [-0.05, 0) is 30.5 Å². The van der Waals surface area contributed by atoms with Crippen LogP contribution in [0.2, 0.25) is 0 Å². The summed E-state index contributed by atoms with van der Waals surface area (Å²) in [5.74, 6) is -1.17. The maximum Gasteiger partial charge on any atom is 0.337 e. The Balaban J connectivity index is 2.40. The topological polar surface area (TPSA) is 113 Å². The average Bonchev–Trinajstić information content (AvgIpc) is 2.61. The number of carboxylic acids is 1. The Hall–Kier alpha value is -2.65. The van der Waals surface area contributed by atoms with Crippen LogP contribution in [0.1, 0.15) is 10.4 Å². The van der Waals surface area contributed by atoms with Crippen molar-refractivity contribution in [2.45, 2.75) is 14.8 Å². The molecule has 0 aliphatic rings. The third-order valence-corrected chi connectivity index (χ3v) is 6.18. The van der Waals surface area contributed by atoms with Gasteiger partial charge in [0.15, 0.2) is 5.49 Å². The summed E-state index contributed by atoms with van der Waals surface area (Å²) in [4.78, 5) is 15.3. The molecule has 3 rings (SSSR count). The second-order valence-electron chi connectivity index (χ2n) is 5.07. The summed E-state index contributed by atoms with van der Waals surface area (Å²) in [5.41, 5.74) is -0.0968. The van der Waals surface area contributed by atoms with Crippen LogP contribution in [0.15, 0.2) is 63.5 Å². The van der Waals surface area contributed by atoms with Gasteiger partial charge < -0.3 is 5.11 Å². The minimum absolute atomic E-state index is 0.0509. The molecular weight excluding hydrogens is 362 g/mol. The van der Waals surface area contributed by atoms with Crippen molar-refractivity contribution < 1.29 is 18.3 Å². The molecule has 0 aliphatic heterocycles. The Kier molecular flexibility index (Phi) is 4.36. The number of rotatable bonds is 4. The Labute approximate surface area is 147 Å². The van der Waals surface area contributed by atoms with Crippen LogP contribution in [-0.4, -0.2) is 35.1 Å². The molecule has 1 aromatic carbocycles. The molecule has 0 amide bonds. The maximum absolute atomic E-state index is 13.0. The SMILES string of the molecule is CSc1nc2ccc(C(=O)O)cn2c(=N)c1S(=O)(=O)c1ccccc1. The first kappa shape index (κ1) is 17.2. The van der Waals surface area contributed by atoms with Gasteiger partial charge in [-0.25, -0.2) is 18.2 Å². The monoisotopic (exact) mass is 375 g/mol. The smallest absolute Gasteiger partial charge is 0.337 e. The molecule has 0 saturated carbocycles. The van der Waals surface area contributed by atoms with Gasteiger partial charge in [0.2, 0.25) is 9.84 Å². The van der Waals surface area contributed by atoms with E-state index in [1.165, 1.54) is 34.9 Å². The Morgan fingerprint density at radius 2 is 1.88 bits per heavy atom. The second kappa shape index (κ2) is 6.34. The fraction of sp³-hybridized carbons (Fsp3) is 0.0625. The maximum atomic E-state index is 13.0. The van der Waals surface area contributed by atoms with Crippen molar-refractivity contribution in [2.75, 3.05) is 6.26 Å². The number of nitrogens with zero attached hydrogens (tertiary/aromatic N) is 2. The molecule has 2 heterocycles. The lowest BCUT2D eigenvalue weighted by atomic mass is 10.3. The molecular formula is C16H13N3O4S2. The third kappa shape index (κ3) is 2.92. The van der Waals surface area contributed by atoms with Crippen molar-refractivity contribution in [2.24, 2.45) is 0 Å². The zero-order valence-electron chi connectivity index (χ0n) is 13.0. The number of aromatic nitrogens is 2. The normalized spacial score (nSPS) is 11.6. The van der Waals surface area contributed by atoms with Crippen LogP contribution in [0.3, 0.4) is 0 Å². The van der Waals surface area contributed by atoms with Crippen molar-refractivity contribution in [3.8, 4) is 0 Å². The molecule has 0 aliphatic carbocycles. The molecule has 128 valence electrons. The highest BCUT2D eigenvalue weighted by Crippen LogP contribution is 2.26.